The molecule has 0 aliphatic heterocycles. The van der Waals surface area contributed by atoms with Crippen LogP contribution in [0.1, 0.15) is 91.8 Å². The van der Waals surface area contributed by atoms with Gasteiger partial charge >= 0.3 is 29.8 Å². The number of carboxylic acid groups (broad SMARTS) is 5. The minimum Gasteiger partial charge on any atom is -0.481 e. The maximum Gasteiger partial charge on any atom is 0.342 e. The summed E-state index contributed by atoms with van der Waals surface area (Å²) < 4.78 is 0. The Labute approximate surface area is 252 Å². The van der Waals surface area contributed by atoms with Gasteiger partial charge in [0.1, 0.15) is 11.6 Å². The van der Waals surface area contributed by atoms with Crippen LogP contribution in [0.3, 0.4) is 0 Å². The Morgan fingerprint density at radius 3 is 1.86 bits per heavy atom. The van der Waals surface area contributed by atoms with Gasteiger partial charge in [0.25, 0.3) is 5.69 Å². The molecule has 0 bridgehead atoms. The number of nitrogens with two attached hydrogens (primary N) is 1. The lowest BCUT2D eigenvalue weighted by Crippen LogP contribution is -2.44. The Kier molecular flexibility index (Phi) is 15.4. The van der Waals surface area contributed by atoms with Crippen LogP contribution >= 0.6 is 0 Å². The number of nitro benzene ring substituents is 1. The standard InChI is InChI=1S/C14H23NO3.C8H5NO6.C6H11NO4/c16-13(15-10-6-2-1-3-7-10)11-8-4-5-9-12(11)14(17)18;10-7(11)4-1-2-5(8(12)13)6(3-4)9(14)15;1-3(5(8)9)2-4(7)6(10)11/h10-12H,1-9H2,(H,15,16)(H,17,18);1-3H,(H,10,11)(H,12,13);3-4H,2,7H2,1H3,(H,8,9)(H,10,11)/t11-,12+;;3-,4+/m1.1/s1. The molecule has 0 radical (unpaired) electrons. The number of carboxylic acids is 5. The summed E-state index contributed by atoms with van der Waals surface area (Å²) >= 11 is 0. The van der Waals surface area contributed by atoms with Crippen molar-refractivity contribution in [3.05, 3.63) is 39.4 Å². The molecule has 0 saturated heterocycles. The van der Waals surface area contributed by atoms with Crippen molar-refractivity contribution < 1.29 is 59.2 Å². The molecular weight excluding hydrogens is 586 g/mol. The van der Waals surface area contributed by atoms with Crippen molar-refractivity contribution in [2.75, 3.05) is 0 Å². The van der Waals surface area contributed by atoms with E-state index in [1.54, 1.807) is 0 Å². The number of nitrogens with zero attached hydrogens (tertiary/aromatic N) is 1. The molecule has 1 aromatic carbocycles. The van der Waals surface area contributed by atoms with E-state index >= 15 is 0 Å². The van der Waals surface area contributed by atoms with Crippen LogP contribution in [0.25, 0.3) is 0 Å². The molecule has 4 atom stereocenters. The maximum absolute atomic E-state index is 12.2. The Morgan fingerprint density at radius 1 is 0.864 bits per heavy atom. The number of aliphatic carboxylic acids is 3. The average Bonchev–Trinajstić information content (AvgIpc) is 2.97. The first-order valence-corrected chi connectivity index (χ1v) is 14.1. The minimum atomic E-state index is -1.47. The number of aromatic carboxylic acids is 2. The predicted octanol–water partition coefficient (Wildman–Crippen LogP) is 2.83. The molecule has 0 unspecified atom stereocenters. The SMILES string of the molecule is C[C@H](C[C@H](N)C(=O)O)C(=O)O.O=C(O)[C@H]1CCCC[C@H]1C(=O)NC1CCCCC1.O=C(O)c1ccc(C(=O)O)c([N+](=O)[O-])c1. The Morgan fingerprint density at radius 2 is 1.41 bits per heavy atom. The molecule has 16 nitrogen and oxygen atoms in total. The van der Waals surface area contributed by atoms with Gasteiger partial charge in [0.15, 0.2) is 0 Å². The summed E-state index contributed by atoms with van der Waals surface area (Å²) in [6.45, 7) is 1.42. The third-order valence-electron chi connectivity index (χ3n) is 7.39. The second-order valence-electron chi connectivity index (χ2n) is 10.7. The van der Waals surface area contributed by atoms with E-state index in [2.05, 4.69) is 5.32 Å². The van der Waals surface area contributed by atoms with Crippen LogP contribution in [0.15, 0.2) is 18.2 Å². The van der Waals surface area contributed by atoms with Gasteiger partial charge in [-0.05, 0) is 44.2 Å². The highest BCUT2D eigenvalue weighted by atomic mass is 16.6. The normalized spacial score (nSPS) is 19.3. The van der Waals surface area contributed by atoms with Crippen molar-refractivity contribution in [3.63, 3.8) is 0 Å². The van der Waals surface area contributed by atoms with Gasteiger partial charge in [-0.2, -0.15) is 0 Å². The second-order valence-corrected chi connectivity index (χ2v) is 10.7. The highest BCUT2D eigenvalue weighted by molar-refractivity contribution is 5.95. The Balaban J connectivity index is 0.000000341. The minimum absolute atomic E-state index is 0.0194. The smallest absolute Gasteiger partial charge is 0.342 e. The van der Waals surface area contributed by atoms with Gasteiger partial charge in [0, 0.05) is 12.1 Å². The molecule has 244 valence electrons. The summed E-state index contributed by atoms with van der Waals surface area (Å²) in [6.07, 6.45) is 8.98. The maximum atomic E-state index is 12.2. The van der Waals surface area contributed by atoms with E-state index in [4.69, 9.17) is 26.2 Å². The molecule has 0 aromatic heterocycles. The van der Waals surface area contributed by atoms with Crippen molar-refractivity contribution >= 4 is 41.4 Å². The first-order chi connectivity index (χ1) is 20.6. The first kappa shape index (κ1) is 37.4. The number of hydrogen-bond donors (Lipinski definition) is 7. The summed E-state index contributed by atoms with van der Waals surface area (Å²) in [5, 5.41) is 56.5. The summed E-state index contributed by atoms with van der Waals surface area (Å²) in [7, 11) is 0. The molecule has 2 fully saturated rings. The van der Waals surface area contributed by atoms with Crippen LogP contribution in [0.5, 0.6) is 0 Å². The molecule has 2 aliphatic rings. The van der Waals surface area contributed by atoms with Crippen LogP contribution in [0.2, 0.25) is 0 Å². The van der Waals surface area contributed by atoms with E-state index in [-0.39, 0.29) is 29.9 Å². The molecule has 1 aromatic rings. The van der Waals surface area contributed by atoms with E-state index in [1.165, 1.54) is 26.2 Å². The molecule has 3 rings (SSSR count). The lowest BCUT2D eigenvalue weighted by Gasteiger charge is -2.30. The summed E-state index contributed by atoms with van der Waals surface area (Å²) in [5.74, 6) is -7.33. The molecule has 2 saturated carbocycles. The van der Waals surface area contributed by atoms with Crippen molar-refractivity contribution in [2.45, 2.75) is 83.2 Å². The number of benzene rings is 1. The van der Waals surface area contributed by atoms with Crippen molar-refractivity contribution in [1.82, 2.24) is 5.32 Å². The first-order valence-electron chi connectivity index (χ1n) is 14.1. The largest absolute Gasteiger partial charge is 0.481 e. The third-order valence-corrected chi connectivity index (χ3v) is 7.39. The molecular formula is C28H39N3O13. The second kappa shape index (κ2) is 18.1. The molecule has 0 heterocycles. The quantitative estimate of drug-likeness (QED) is 0.145. The summed E-state index contributed by atoms with van der Waals surface area (Å²) in [4.78, 5) is 74.3. The van der Waals surface area contributed by atoms with Gasteiger partial charge in [-0.1, -0.05) is 39.0 Å². The number of amides is 1. The number of nitrogens with one attached hydrogen (secondary N) is 1. The monoisotopic (exact) mass is 625 g/mol. The fourth-order valence-corrected chi connectivity index (χ4v) is 4.87. The van der Waals surface area contributed by atoms with E-state index in [0.717, 1.165) is 44.2 Å². The zero-order chi connectivity index (χ0) is 33.6. The van der Waals surface area contributed by atoms with E-state index < -0.39 is 63.9 Å². The number of hydrogen-bond acceptors (Lipinski definition) is 9. The number of carbonyl (C=O) groups excluding carboxylic acids is 1. The van der Waals surface area contributed by atoms with Gasteiger partial charge in [0.2, 0.25) is 5.91 Å². The van der Waals surface area contributed by atoms with Crippen LogP contribution in [-0.4, -0.2) is 78.3 Å². The average molecular weight is 626 g/mol. The zero-order valence-corrected chi connectivity index (χ0v) is 24.2. The lowest BCUT2D eigenvalue weighted by molar-refractivity contribution is -0.385. The van der Waals surface area contributed by atoms with E-state index in [0.29, 0.717) is 12.5 Å². The fourth-order valence-electron chi connectivity index (χ4n) is 4.87. The van der Waals surface area contributed by atoms with Gasteiger partial charge in [-0.25, -0.2) is 9.59 Å². The van der Waals surface area contributed by atoms with Crippen LogP contribution in [0, 0.1) is 27.9 Å². The molecule has 2 aliphatic carbocycles. The molecule has 1 amide bonds. The number of nitro groups is 1. The molecule has 8 N–H and O–H groups in total. The number of carbonyl (C=O) groups is 6. The number of rotatable bonds is 10. The van der Waals surface area contributed by atoms with Crippen molar-refractivity contribution in [3.8, 4) is 0 Å². The predicted molar refractivity (Wildman–Crippen MR) is 152 cm³/mol. The Bertz CT molecular complexity index is 1200. The van der Waals surface area contributed by atoms with Crippen LogP contribution in [0.4, 0.5) is 5.69 Å². The zero-order valence-electron chi connectivity index (χ0n) is 24.2. The Hall–Kier alpha value is -4.60. The third kappa shape index (κ3) is 12.3. The van der Waals surface area contributed by atoms with Gasteiger partial charge in [-0.15, -0.1) is 0 Å². The van der Waals surface area contributed by atoms with Crippen molar-refractivity contribution in [1.29, 1.82) is 0 Å². The lowest BCUT2D eigenvalue weighted by atomic mass is 9.78. The van der Waals surface area contributed by atoms with Gasteiger partial charge in [0.05, 0.1) is 28.2 Å². The van der Waals surface area contributed by atoms with E-state index in [1.807, 2.05) is 0 Å². The highest BCUT2D eigenvalue weighted by Crippen LogP contribution is 2.31. The van der Waals surface area contributed by atoms with Crippen LogP contribution < -0.4 is 11.1 Å². The summed E-state index contributed by atoms with van der Waals surface area (Å²) in [6, 6.07) is 1.80. The van der Waals surface area contributed by atoms with E-state index in [9.17, 15) is 44.0 Å². The van der Waals surface area contributed by atoms with Crippen LogP contribution in [-0.2, 0) is 19.2 Å². The molecule has 0 spiro atoms. The molecule has 16 heteroatoms. The van der Waals surface area contributed by atoms with Crippen molar-refractivity contribution in [2.24, 2.45) is 23.5 Å². The topological polar surface area (TPSA) is 285 Å². The molecule has 44 heavy (non-hydrogen) atoms. The van der Waals surface area contributed by atoms with Gasteiger partial charge < -0.3 is 36.6 Å². The summed E-state index contributed by atoms with van der Waals surface area (Å²) in [5.41, 5.74) is 3.49. The van der Waals surface area contributed by atoms with Gasteiger partial charge in [-0.3, -0.25) is 29.3 Å². The highest BCUT2D eigenvalue weighted by Gasteiger charge is 2.36. The fraction of sp³-hybridized carbons (Fsp3) is 0.571.